The molecule has 0 radical (unpaired) electrons. The van der Waals surface area contributed by atoms with Crippen molar-refractivity contribution in [3.63, 3.8) is 0 Å². The molecule has 0 aromatic carbocycles. The van der Waals surface area contributed by atoms with Gasteiger partial charge in [0.1, 0.15) is 0 Å². The van der Waals surface area contributed by atoms with Crippen LogP contribution in [0.1, 0.15) is 135 Å². The van der Waals surface area contributed by atoms with Crippen molar-refractivity contribution in [2.24, 2.45) is 23.5 Å². The first kappa shape index (κ1) is 39.9. The van der Waals surface area contributed by atoms with Crippen molar-refractivity contribution in [1.82, 2.24) is 0 Å². The maximum atomic E-state index is 5.21. The Morgan fingerprint density at radius 2 is 1.00 bits per heavy atom. The van der Waals surface area contributed by atoms with E-state index >= 15 is 0 Å². The molecule has 0 aromatic heterocycles. The molecule has 0 spiro atoms. The van der Waals surface area contributed by atoms with Crippen LogP contribution in [0.2, 0.25) is 0 Å². The van der Waals surface area contributed by atoms with Gasteiger partial charge in [-0.1, -0.05) is 129 Å². The number of unbranched alkanes of at least 4 members (excludes halogenated alkanes) is 2. The molecule has 0 bridgehead atoms. The van der Waals surface area contributed by atoms with Gasteiger partial charge in [-0.25, -0.2) is 0 Å². The maximum Gasteiger partial charge on any atom is -0.00773 e. The lowest BCUT2D eigenvalue weighted by Gasteiger charge is -2.22. The first-order chi connectivity index (χ1) is 11.9. The van der Waals surface area contributed by atoms with Crippen molar-refractivity contribution < 1.29 is 0 Å². The SMILES string of the molecule is CC.CC.CC.CCC.CCCC(C)C(C)C(C)C.CCCCCN. The Kier molecular flexibility index (Phi) is 79.1. The molecule has 0 aliphatic carbocycles. The zero-order valence-corrected chi connectivity index (χ0v) is 21.3. The van der Waals surface area contributed by atoms with Gasteiger partial charge in [-0.15, -0.1) is 0 Å². The lowest BCUT2D eigenvalue weighted by Crippen LogP contribution is -2.13. The first-order valence-electron chi connectivity index (χ1n) is 11.6. The van der Waals surface area contributed by atoms with E-state index in [1.54, 1.807) is 0 Å². The molecule has 0 aromatic rings. The van der Waals surface area contributed by atoms with E-state index < -0.39 is 0 Å². The molecule has 0 heterocycles. The molecule has 0 amide bonds. The standard InChI is InChI=1S/C10H22.C5H13N.C3H8.3C2H6/c1-6-7-9(4)10(5)8(2)3;1-2-3-4-5-6;1-3-2;3*1-2/h8-10H,6-7H2,1-5H3;2-6H2,1H3;3H2,1-2H3;3*1-2H3. The average Bonchev–Trinajstić information content (AvgIpc) is 2.65. The average molecular weight is 364 g/mol. The van der Waals surface area contributed by atoms with Crippen molar-refractivity contribution in [3.8, 4) is 0 Å². The van der Waals surface area contributed by atoms with E-state index in [0.29, 0.717) is 0 Å². The van der Waals surface area contributed by atoms with Crippen molar-refractivity contribution >= 4 is 0 Å². The van der Waals surface area contributed by atoms with E-state index in [2.05, 4.69) is 55.4 Å². The van der Waals surface area contributed by atoms with Gasteiger partial charge in [-0.2, -0.15) is 0 Å². The Labute approximate surface area is 166 Å². The maximum absolute atomic E-state index is 5.21. The summed E-state index contributed by atoms with van der Waals surface area (Å²) in [7, 11) is 0. The highest BCUT2D eigenvalue weighted by Gasteiger charge is 2.13. The normalized spacial score (nSPS) is 10.6. The minimum Gasteiger partial charge on any atom is -0.330 e. The van der Waals surface area contributed by atoms with Crippen LogP contribution in [0.15, 0.2) is 0 Å². The number of hydrogen-bond donors (Lipinski definition) is 1. The fraction of sp³-hybridized carbons (Fsp3) is 1.00. The lowest BCUT2D eigenvalue weighted by atomic mass is 9.84. The molecular formula is C24H61N. The number of rotatable bonds is 7. The van der Waals surface area contributed by atoms with Gasteiger partial charge in [0.05, 0.1) is 0 Å². The molecule has 0 saturated heterocycles. The van der Waals surface area contributed by atoms with Gasteiger partial charge in [-0.3, -0.25) is 0 Å². The van der Waals surface area contributed by atoms with Crippen molar-refractivity contribution in [1.29, 1.82) is 0 Å². The molecule has 162 valence electrons. The highest BCUT2D eigenvalue weighted by atomic mass is 14.5. The molecule has 1 heteroatoms. The highest BCUT2D eigenvalue weighted by molar-refractivity contribution is 4.64. The Hall–Kier alpha value is -0.0400. The van der Waals surface area contributed by atoms with Gasteiger partial charge in [0.15, 0.2) is 0 Å². The van der Waals surface area contributed by atoms with Gasteiger partial charge < -0.3 is 5.73 Å². The monoisotopic (exact) mass is 363 g/mol. The Balaban J connectivity index is -0.0000000515. The fourth-order valence-electron chi connectivity index (χ4n) is 1.77. The molecule has 0 rings (SSSR count). The summed E-state index contributed by atoms with van der Waals surface area (Å²) in [6, 6.07) is 0. The van der Waals surface area contributed by atoms with E-state index in [-0.39, 0.29) is 0 Å². The summed E-state index contributed by atoms with van der Waals surface area (Å²) in [5.74, 6) is 2.64. The Morgan fingerprint density at radius 1 is 0.640 bits per heavy atom. The predicted molar refractivity (Wildman–Crippen MR) is 127 cm³/mol. The smallest absolute Gasteiger partial charge is 0.00773 e. The molecule has 1 nitrogen and oxygen atoms in total. The van der Waals surface area contributed by atoms with Gasteiger partial charge in [0.2, 0.25) is 0 Å². The van der Waals surface area contributed by atoms with Crippen LogP contribution in [0.3, 0.4) is 0 Å². The molecule has 2 N–H and O–H groups in total. The summed E-state index contributed by atoms with van der Waals surface area (Å²) in [5, 5.41) is 0. The van der Waals surface area contributed by atoms with E-state index in [9.17, 15) is 0 Å². The second kappa shape index (κ2) is 49.6. The molecule has 25 heavy (non-hydrogen) atoms. The van der Waals surface area contributed by atoms with Crippen molar-refractivity contribution in [2.45, 2.75) is 135 Å². The van der Waals surface area contributed by atoms with E-state index in [4.69, 9.17) is 5.73 Å². The van der Waals surface area contributed by atoms with E-state index in [0.717, 1.165) is 24.3 Å². The molecule has 0 saturated carbocycles. The Morgan fingerprint density at radius 3 is 1.16 bits per heavy atom. The summed E-state index contributed by atoms with van der Waals surface area (Å²) in [5.41, 5.74) is 5.21. The second-order valence-corrected chi connectivity index (χ2v) is 6.07. The van der Waals surface area contributed by atoms with Crippen LogP contribution in [0.4, 0.5) is 0 Å². The third-order valence-electron chi connectivity index (χ3n) is 3.50. The van der Waals surface area contributed by atoms with E-state index in [1.165, 1.54) is 38.5 Å². The lowest BCUT2D eigenvalue weighted by molar-refractivity contribution is 0.280. The number of nitrogens with two attached hydrogens (primary N) is 1. The largest absolute Gasteiger partial charge is 0.330 e. The summed E-state index contributed by atoms with van der Waals surface area (Å²) in [6.07, 6.45) is 7.72. The third kappa shape index (κ3) is 59.3. The van der Waals surface area contributed by atoms with Crippen LogP contribution < -0.4 is 5.73 Å². The summed E-state index contributed by atoms with van der Waals surface area (Å²) in [4.78, 5) is 0. The van der Waals surface area contributed by atoms with Gasteiger partial charge in [0, 0.05) is 0 Å². The summed E-state index contributed by atoms with van der Waals surface area (Å²) in [6.45, 7) is 30.9. The first-order valence-corrected chi connectivity index (χ1v) is 11.6. The Bertz CT molecular complexity index is 128. The van der Waals surface area contributed by atoms with Crippen LogP contribution in [-0.2, 0) is 0 Å². The van der Waals surface area contributed by atoms with Gasteiger partial charge in [-0.05, 0) is 30.7 Å². The summed E-state index contributed by atoms with van der Waals surface area (Å²) >= 11 is 0. The predicted octanol–water partition coefficient (Wildman–Crippen LogP) is 9.34. The molecule has 2 unspecified atom stereocenters. The highest BCUT2D eigenvalue weighted by Crippen LogP contribution is 2.23. The quantitative estimate of drug-likeness (QED) is 0.448. The number of hydrogen-bond acceptors (Lipinski definition) is 1. The van der Waals surface area contributed by atoms with Crippen molar-refractivity contribution in [2.75, 3.05) is 6.54 Å². The van der Waals surface area contributed by atoms with Crippen LogP contribution >= 0.6 is 0 Å². The second-order valence-electron chi connectivity index (χ2n) is 6.07. The molecule has 0 aliphatic rings. The zero-order chi connectivity index (χ0) is 21.7. The van der Waals surface area contributed by atoms with Crippen LogP contribution in [0.25, 0.3) is 0 Å². The minimum atomic E-state index is 0.849. The molecule has 0 aliphatic heterocycles. The molecular weight excluding hydrogens is 302 g/mol. The van der Waals surface area contributed by atoms with Crippen LogP contribution in [0, 0.1) is 17.8 Å². The topological polar surface area (TPSA) is 26.0 Å². The van der Waals surface area contributed by atoms with Crippen molar-refractivity contribution in [3.05, 3.63) is 0 Å². The minimum absolute atomic E-state index is 0.849. The molecule has 0 fully saturated rings. The van der Waals surface area contributed by atoms with Gasteiger partial charge in [0.25, 0.3) is 0 Å². The van der Waals surface area contributed by atoms with Crippen LogP contribution in [-0.4, -0.2) is 6.54 Å². The third-order valence-corrected chi connectivity index (χ3v) is 3.50. The van der Waals surface area contributed by atoms with E-state index in [1.807, 2.05) is 41.5 Å². The fourth-order valence-corrected chi connectivity index (χ4v) is 1.77. The van der Waals surface area contributed by atoms with Gasteiger partial charge >= 0.3 is 0 Å². The van der Waals surface area contributed by atoms with Crippen LogP contribution in [0.5, 0.6) is 0 Å². The summed E-state index contributed by atoms with van der Waals surface area (Å²) < 4.78 is 0. The zero-order valence-electron chi connectivity index (χ0n) is 21.3. The molecule has 2 atom stereocenters.